The molecule has 1 aliphatic rings. The van der Waals surface area contributed by atoms with Crippen LogP contribution in [0, 0.1) is 12.7 Å². The minimum atomic E-state index is -0.337. The van der Waals surface area contributed by atoms with Crippen molar-refractivity contribution in [1.82, 2.24) is 9.27 Å². The number of aryl methyl sites for hydroxylation is 1. The number of fused-ring (bicyclic) bond motifs is 1. The molecule has 1 fully saturated rings. The van der Waals surface area contributed by atoms with Gasteiger partial charge in [0.05, 0.1) is 4.70 Å². The largest absolute Gasteiger partial charge is 0.353 e. The lowest BCUT2D eigenvalue weighted by molar-refractivity contribution is 0.260. The first-order valence-corrected chi connectivity index (χ1v) is 12.6. The number of amides is 2. The average molecular weight is 490 g/mol. The van der Waals surface area contributed by atoms with Crippen LogP contribution in [0.3, 0.4) is 0 Å². The molecule has 0 bridgehead atoms. The molecule has 2 heterocycles. The van der Waals surface area contributed by atoms with Crippen molar-refractivity contribution in [1.29, 1.82) is 0 Å². The summed E-state index contributed by atoms with van der Waals surface area (Å²) in [5.41, 5.74) is 3.15. The molecule has 4 aromatic rings. The second-order valence-electron chi connectivity index (χ2n) is 8.78. The second kappa shape index (κ2) is 10.4. The van der Waals surface area contributed by atoms with Crippen molar-refractivity contribution in [2.75, 3.05) is 48.3 Å². The zero-order valence-electron chi connectivity index (χ0n) is 19.6. The third-order valence-corrected chi connectivity index (χ3v) is 7.25. The van der Waals surface area contributed by atoms with Crippen LogP contribution in [0.1, 0.15) is 11.1 Å². The van der Waals surface area contributed by atoms with E-state index in [0.29, 0.717) is 12.1 Å². The molecule has 1 saturated heterocycles. The maximum atomic E-state index is 14.0. The molecule has 0 radical (unpaired) electrons. The highest BCUT2D eigenvalue weighted by Crippen LogP contribution is 2.30. The highest BCUT2D eigenvalue weighted by molar-refractivity contribution is 7.13. The van der Waals surface area contributed by atoms with Gasteiger partial charge in [0.2, 0.25) is 0 Å². The Balaban J connectivity index is 1.18. The van der Waals surface area contributed by atoms with Gasteiger partial charge in [0.1, 0.15) is 11.6 Å². The number of para-hydroxylation sites is 1. The summed E-state index contributed by atoms with van der Waals surface area (Å²) in [5, 5.41) is 6.98. The van der Waals surface area contributed by atoms with Crippen LogP contribution in [0.4, 0.5) is 26.4 Å². The maximum absolute atomic E-state index is 14.0. The Morgan fingerprint density at radius 3 is 2.54 bits per heavy atom. The smallest absolute Gasteiger partial charge is 0.323 e. The average Bonchev–Trinajstić information content (AvgIpc) is 3.30. The van der Waals surface area contributed by atoms with Crippen molar-refractivity contribution in [2.45, 2.75) is 13.3 Å². The first-order chi connectivity index (χ1) is 17.1. The van der Waals surface area contributed by atoms with Crippen LogP contribution >= 0.6 is 11.5 Å². The molecule has 3 aromatic carbocycles. The molecular weight excluding hydrogens is 461 g/mol. The lowest BCUT2D eigenvalue weighted by Crippen LogP contribution is -2.47. The van der Waals surface area contributed by atoms with E-state index >= 15 is 0 Å². The summed E-state index contributed by atoms with van der Waals surface area (Å²) in [6.45, 7) is 6.37. The van der Waals surface area contributed by atoms with E-state index in [1.807, 2.05) is 37.3 Å². The quantitative estimate of drug-likeness (QED) is 0.362. The van der Waals surface area contributed by atoms with E-state index in [2.05, 4.69) is 43.0 Å². The summed E-state index contributed by atoms with van der Waals surface area (Å²) in [6, 6.07) is 20.1. The van der Waals surface area contributed by atoms with Crippen molar-refractivity contribution >= 4 is 44.8 Å². The third-order valence-electron chi connectivity index (χ3n) is 6.44. The van der Waals surface area contributed by atoms with Crippen LogP contribution in [0.15, 0.2) is 66.7 Å². The molecule has 1 aliphatic heterocycles. The van der Waals surface area contributed by atoms with Gasteiger partial charge in [-0.05, 0) is 72.4 Å². The van der Waals surface area contributed by atoms with Gasteiger partial charge in [-0.15, -0.1) is 0 Å². The lowest BCUT2D eigenvalue weighted by atomic mass is 10.1. The number of urea groups is 1. The topological polar surface area (TPSA) is 60.5 Å². The summed E-state index contributed by atoms with van der Waals surface area (Å²) >= 11 is 1.54. The lowest BCUT2D eigenvalue weighted by Gasteiger charge is -2.35. The standard InChI is InChI=1S/C27H28FN5OS/c1-19-6-2-4-8-23(19)29-27(34)30-24-11-10-21(28)18-20(24)12-13-32-14-16-33(17-15-32)26-22-7-3-5-9-25(22)35-31-26/h2-11,18H,12-17H2,1H3,(H2,29,30,34). The van der Waals surface area contributed by atoms with Crippen LogP contribution in [0.25, 0.3) is 10.1 Å². The summed E-state index contributed by atoms with van der Waals surface area (Å²) in [4.78, 5) is 17.3. The van der Waals surface area contributed by atoms with Gasteiger partial charge in [-0.1, -0.05) is 30.3 Å². The van der Waals surface area contributed by atoms with E-state index in [4.69, 9.17) is 0 Å². The Hall–Kier alpha value is -3.49. The molecule has 1 aromatic heterocycles. The van der Waals surface area contributed by atoms with Crippen molar-refractivity contribution < 1.29 is 9.18 Å². The fourth-order valence-electron chi connectivity index (χ4n) is 4.44. The molecule has 35 heavy (non-hydrogen) atoms. The van der Waals surface area contributed by atoms with Crippen LogP contribution in [0.5, 0.6) is 0 Å². The van der Waals surface area contributed by atoms with Crippen molar-refractivity contribution in [2.24, 2.45) is 0 Å². The van der Waals surface area contributed by atoms with Gasteiger partial charge in [0.25, 0.3) is 0 Å². The fourth-order valence-corrected chi connectivity index (χ4v) is 5.24. The number of hydrogen-bond acceptors (Lipinski definition) is 5. The SMILES string of the molecule is Cc1ccccc1NC(=O)Nc1ccc(F)cc1CCN1CCN(c2nsc3ccccc23)CC1. The van der Waals surface area contributed by atoms with Gasteiger partial charge in [0, 0.05) is 49.5 Å². The number of carbonyl (C=O) groups excluding carboxylic acids is 1. The number of hydrogen-bond donors (Lipinski definition) is 2. The molecule has 0 saturated carbocycles. The predicted molar refractivity (Wildman–Crippen MR) is 142 cm³/mol. The Morgan fingerprint density at radius 2 is 1.71 bits per heavy atom. The molecular formula is C27H28FN5OS. The van der Waals surface area contributed by atoms with Gasteiger partial charge < -0.3 is 15.5 Å². The summed E-state index contributed by atoms with van der Waals surface area (Å²) in [7, 11) is 0. The van der Waals surface area contributed by atoms with Gasteiger partial charge >= 0.3 is 6.03 Å². The monoisotopic (exact) mass is 489 g/mol. The van der Waals surface area contributed by atoms with Crippen molar-refractivity contribution in [3.05, 3.63) is 83.7 Å². The van der Waals surface area contributed by atoms with Gasteiger partial charge in [-0.25, -0.2) is 9.18 Å². The normalized spacial score (nSPS) is 14.3. The number of piperazine rings is 1. The summed E-state index contributed by atoms with van der Waals surface area (Å²) < 4.78 is 19.9. The molecule has 5 rings (SSSR count). The van der Waals surface area contributed by atoms with Crippen LogP contribution in [-0.4, -0.2) is 48.0 Å². The second-order valence-corrected chi connectivity index (χ2v) is 9.58. The van der Waals surface area contributed by atoms with E-state index in [-0.39, 0.29) is 11.8 Å². The first-order valence-electron chi connectivity index (χ1n) is 11.8. The summed E-state index contributed by atoms with van der Waals surface area (Å²) in [5.74, 6) is 0.770. The maximum Gasteiger partial charge on any atom is 0.323 e. The predicted octanol–water partition coefficient (Wildman–Crippen LogP) is 5.75. The van der Waals surface area contributed by atoms with Crippen LogP contribution in [0.2, 0.25) is 0 Å². The third kappa shape index (κ3) is 5.44. The summed E-state index contributed by atoms with van der Waals surface area (Å²) in [6.07, 6.45) is 0.650. The van der Waals surface area contributed by atoms with E-state index in [0.717, 1.165) is 55.4 Å². The number of carbonyl (C=O) groups is 1. The Bertz CT molecular complexity index is 1330. The number of nitrogens with zero attached hydrogens (tertiary/aromatic N) is 3. The zero-order chi connectivity index (χ0) is 24.2. The van der Waals surface area contributed by atoms with Gasteiger partial charge in [0.15, 0.2) is 0 Å². The van der Waals surface area contributed by atoms with Gasteiger partial charge in [-0.2, -0.15) is 4.37 Å². The minimum absolute atomic E-state index is 0.301. The van der Waals surface area contributed by atoms with E-state index in [1.165, 1.54) is 22.2 Å². The Morgan fingerprint density at radius 1 is 0.971 bits per heavy atom. The van der Waals surface area contributed by atoms with Gasteiger partial charge in [-0.3, -0.25) is 4.90 Å². The molecule has 6 nitrogen and oxygen atoms in total. The molecule has 8 heteroatoms. The van der Waals surface area contributed by atoms with E-state index in [1.54, 1.807) is 17.6 Å². The highest BCUT2D eigenvalue weighted by atomic mass is 32.1. The molecule has 0 spiro atoms. The van der Waals surface area contributed by atoms with E-state index < -0.39 is 0 Å². The number of halogens is 1. The molecule has 0 unspecified atom stereocenters. The fraction of sp³-hybridized carbons (Fsp3) is 0.259. The Kier molecular flexibility index (Phi) is 6.92. The molecule has 2 N–H and O–H groups in total. The number of benzene rings is 3. The molecule has 2 amide bonds. The Labute approximate surface area is 208 Å². The molecule has 180 valence electrons. The number of anilines is 3. The van der Waals surface area contributed by atoms with Crippen LogP contribution in [-0.2, 0) is 6.42 Å². The number of nitrogens with one attached hydrogen (secondary N) is 2. The number of aromatic nitrogens is 1. The first kappa shape index (κ1) is 23.3. The number of rotatable bonds is 6. The molecule has 0 atom stereocenters. The van der Waals surface area contributed by atoms with Crippen molar-refractivity contribution in [3.8, 4) is 0 Å². The van der Waals surface area contributed by atoms with Crippen molar-refractivity contribution in [3.63, 3.8) is 0 Å². The van der Waals surface area contributed by atoms with E-state index in [9.17, 15) is 9.18 Å². The minimum Gasteiger partial charge on any atom is -0.353 e. The molecule has 0 aliphatic carbocycles. The zero-order valence-corrected chi connectivity index (χ0v) is 20.4. The highest BCUT2D eigenvalue weighted by Gasteiger charge is 2.21. The van der Waals surface area contributed by atoms with Crippen LogP contribution < -0.4 is 15.5 Å².